The summed E-state index contributed by atoms with van der Waals surface area (Å²) < 4.78 is 0. The van der Waals surface area contributed by atoms with Gasteiger partial charge in [0.1, 0.15) is 0 Å². The minimum absolute atomic E-state index is 0.573. The summed E-state index contributed by atoms with van der Waals surface area (Å²) in [5.41, 5.74) is 0. The highest BCUT2D eigenvalue weighted by Gasteiger charge is 2.38. The number of fused-ring (bicyclic) bond motifs is 2. The molecule has 2 aliphatic heterocycles. The molecule has 2 heterocycles. The van der Waals surface area contributed by atoms with E-state index in [1.54, 1.807) is 0 Å². The zero-order valence-corrected chi connectivity index (χ0v) is 12.7. The van der Waals surface area contributed by atoms with Gasteiger partial charge in [0, 0.05) is 31.7 Å². The Kier molecular flexibility index (Phi) is 4.84. The molecular weight excluding hydrogens is 242 g/mol. The number of hydrogen-bond acceptors (Lipinski definition) is 2. The van der Waals surface area contributed by atoms with E-state index in [-0.39, 0.29) is 0 Å². The first-order chi connectivity index (χ1) is 8.60. The molecule has 0 saturated carbocycles. The van der Waals surface area contributed by atoms with Crippen LogP contribution in [0.2, 0.25) is 0 Å². The van der Waals surface area contributed by atoms with Gasteiger partial charge in [-0.3, -0.25) is 4.90 Å². The van der Waals surface area contributed by atoms with Gasteiger partial charge in [-0.2, -0.15) is 0 Å². The summed E-state index contributed by atoms with van der Waals surface area (Å²) in [4.78, 5) is 2.77. The molecule has 0 aromatic rings. The third-order valence-corrected chi connectivity index (χ3v) is 4.59. The van der Waals surface area contributed by atoms with E-state index in [1.807, 2.05) is 7.05 Å². The highest BCUT2D eigenvalue weighted by molar-refractivity contribution is 7.80. The Balaban J connectivity index is 1.95. The van der Waals surface area contributed by atoms with Gasteiger partial charge in [0.25, 0.3) is 0 Å². The molecule has 1 unspecified atom stereocenters. The lowest BCUT2D eigenvalue weighted by atomic mass is 9.81. The van der Waals surface area contributed by atoms with Gasteiger partial charge >= 0.3 is 0 Å². The van der Waals surface area contributed by atoms with Gasteiger partial charge in [-0.05, 0) is 43.8 Å². The number of rotatable bonds is 3. The van der Waals surface area contributed by atoms with Crippen molar-refractivity contribution in [1.82, 2.24) is 15.5 Å². The first-order valence-electron chi connectivity index (χ1n) is 7.34. The lowest BCUT2D eigenvalue weighted by molar-refractivity contribution is 0.0190. The van der Waals surface area contributed by atoms with E-state index in [2.05, 4.69) is 29.4 Å². The highest BCUT2D eigenvalue weighted by atomic mass is 32.1. The quantitative estimate of drug-likeness (QED) is 0.768. The molecule has 0 radical (unpaired) electrons. The Labute approximate surface area is 117 Å². The van der Waals surface area contributed by atoms with Crippen LogP contribution in [-0.2, 0) is 0 Å². The third kappa shape index (κ3) is 3.35. The summed E-state index contributed by atoms with van der Waals surface area (Å²) in [5, 5.41) is 7.29. The van der Waals surface area contributed by atoms with Crippen LogP contribution in [0.25, 0.3) is 0 Å². The fraction of sp³-hybridized carbons (Fsp3) is 0.929. The van der Waals surface area contributed by atoms with Crippen molar-refractivity contribution in [2.45, 2.75) is 64.1 Å². The second kappa shape index (κ2) is 6.20. The predicted molar refractivity (Wildman–Crippen MR) is 80.8 cm³/mol. The summed E-state index contributed by atoms with van der Waals surface area (Å²) in [7, 11) is 1.89. The fourth-order valence-electron chi connectivity index (χ4n) is 3.57. The number of hydrogen-bond donors (Lipinski definition) is 2. The summed E-state index contributed by atoms with van der Waals surface area (Å²) in [5.74, 6) is 0.774. The van der Waals surface area contributed by atoms with Crippen molar-refractivity contribution in [3.05, 3.63) is 0 Å². The molecule has 0 amide bonds. The summed E-state index contributed by atoms with van der Waals surface area (Å²) >= 11 is 5.23. The molecule has 2 saturated heterocycles. The van der Waals surface area contributed by atoms with E-state index >= 15 is 0 Å². The monoisotopic (exact) mass is 269 g/mol. The summed E-state index contributed by atoms with van der Waals surface area (Å²) in [6.07, 6.45) is 6.66. The molecule has 0 aromatic carbocycles. The molecule has 18 heavy (non-hydrogen) atoms. The highest BCUT2D eigenvalue weighted by Crippen LogP contribution is 2.34. The van der Waals surface area contributed by atoms with Crippen LogP contribution in [0.5, 0.6) is 0 Å². The van der Waals surface area contributed by atoms with E-state index < -0.39 is 0 Å². The average molecular weight is 269 g/mol. The van der Waals surface area contributed by atoms with Crippen LogP contribution in [0.1, 0.15) is 46.0 Å². The Hall–Kier alpha value is -0.350. The zero-order valence-electron chi connectivity index (χ0n) is 11.9. The van der Waals surface area contributed by atoms with Crippen LogP contribution in [0.3, 0.4) is 0 Å². The Morgan fingerprint density at radius 3 is 2.39 bits per heavy atom. The van der Waals surface area contributed by atoms with Crippen molar-refractivity contribution in [3.8, 4) is 0 Å². The van der Waals surface area contributed by atoms with Crippen molar-refractivity contribution < 1.29 is 0 Å². The maximum Gasteiger partial charge on any atom is 0.166 e. The summed E-state index contributed by atoms with van der Waals surface area (Å²) in [6, 6.07) is 2.12. The molecule has 4 heteroatoms. The lowest BCUT2D eigenvalue weighted by Crippen LogP contribution is -2.58. The maximum absolute atomic E-state index is 5.23. The van der Waals surface area contributed by atoms with Crippen LogP contribution in [0, 0.1) is 5.92 Å². The standard InChI is InChI=1S/C14H27N3S/c1-10(2)9-17-12-5-4-6-13(17)8-11(7-12)16-14(18)15-3/h10-13H,4-9H2,1-3H3,(H2,15,16,18)/t11?,12-,13+. The number of nitrogens with zero attached hydrogens (tertiary/aromatic N) is 1. The average Bonchev–Trinajstić information content (AvgIpc) is 2.29. The SMILES string of the molecule is CNC(=S)NC1C[C@H]2CCC[C@@H](C1)N2CC(C)C. The smallest absolute Gasteiger partial charge is 0.166 e. The lowest BCUT2D eigenvalue weighted by Gasteiger charge is -2.49. The minimum atomic E-state index is 0.573. The molecule has 3 atom stereocenters. The van der Waals surface area contributed by atoms with Crippen molar-refractivity contribution >= 4 is 17.3 Å². The van der Waals surface area contributed by atoms with E-state index in [0.29, 0.717) is 6.04 Å². The van der Waals surface area contributed by atoms with Gasteiger partial charge in [-0.25, -0.2) is 0 Å². The Morgan fingerprint density at radius 2 is 1.89 bits per heavy atom. The van der Waals surface area contributed by atoms with Gasteiger partial charge in [0.05, 0.1) is 0 Å². The molecule has 0 spiro atoms. The van der Waals surface area contributed by atoms with Crippen molar-refractivity contribution in [2.75, 3.05) is 13.6 Å². The molecule has 3 nitrogen and oxygen atoms in total. The third-order valence-electron chi connectivity index (χ3n) is 4.26. The van der Waals surface area contributed by atoms with Crippen molar-refractivity contribution in [2.24, 2.45) is 5.92 Å². The molecular formula is C14H27N3S. The molecule has 2 rings (SSSR count). The zero-order chi connectivity index (χ0) is 13.1. The first kappa shape index (κ1) is 14.1. The number of piperidine rings is 2. The number of nitrogens with one attached hydrogen (secondary N) is 2. The molecule has 2 N–H and O–H groups in total. The maximum atomic E-state index is 5.23. The molecule has 0 aromatic heterocycles. The first-order valence-corrected chi connectivity index (χ1v) is 7.75. The van der Waals surface area contributed by atoms with E-state index in [1.165, 1.54) is 38.6 Å². The molecule has 2 aliphatic rings. The predicted octanol–water partition coefficient (Wildman–Crippen LogP) is 2.12. The summed E-state index contributed by atoms with van der Waals surface area (Å²) in [6.45, 7) is 5.92. The van der Waals surface area contributed by atoms with Crippen LogP contribution in [0.15, 0.2) is 0 Å². The van der Waals surface area contributed by atoms with Gasteiger partial charge in [-0.15, -0.1) is 0 Å². The second-order valence-electron chi connectivity index (χ2n) is 6.22. The van der Waals surface area contributed by atoms with Crippen LogP contribution in [-0.4, -0.2) is 41.7 Å². The van der Waals surface area contributed by atoms with Crippen LogP contribution >= 0.6 is 12.2 Å². The fourth-order valence-corrected chi connectivity index (χ4v) is 3.74. The van der Waals surface area contributed by atoms with Crippen LogP contribution in [0.4, 0.5) is 0 Å². The molecule has 0 aliphatic carbocycles. The number of thiocarbonyl (C=S) groups is 1. The van der Waals surface area contributed by atoms with Gasteiger partial charge in [0.2, 0.25) is 0 Å². The Bertz CT molecular complexity index is 279. The van der Waals surface area contributed by atoms with Gasteiger partial charge < -0.3 is 10.6 Å². The Morgan fingerprint density at radius 1 is 1.28 bits per heavy atom. The molecule has 2 bridgehead atoms. The van der Waals surface area contributed by atoms with E-state index in [9.17, 15) is 0 Å². The topological polar surface area (TPSA) is 27.3 Å². The normalized spacial score (nSPS) is 32.3. The van der Waals surface area contributed by atoms with Gasteiger partial charge in [-0.1, -0.05) is 20.3 Å². The minimum Gasteiger partial charge on any atom is -0.366 e. The largest absolute Gasteiger partial charge is 0.366 e. The van der Waals surface area contributed by atoms with Gasteiger partial charge in [0.15, 0.2) is 5.11 Å². The molecule has 2 fully saturated rings. The second-order valence-corrected chi connectivity index (χ2v) is 6.63. The van der Waals surface area contributed by atoms with E-state index in [0.717, 1.165) is 23.1 Å². The van der Waals surface area contributed by atoms with Crippen molar-refractivity contribution in [1.29, 1.82) is 0 Å². The molecule has 104 valence electrons. The van der Waals surface area contributed by atoms with E-state index in [4.69, 9.17) is 12.2 Å². The van der Waals surface area contributed by atoms with Crippen molar-refractivity contribution in [3.63, 3.8) is 0 Å². The van der Waals surface area contributed by atoms with Crippen LogP contribution < -0.4 is 10.6 Å².